The van der Waals surface area contributed by atoms with Gasteiger partial charge in [0.15, 0.2) is 0 Å². The fourth-order valence-corrected chi connectivity index (χ4v) is 6.97. The van der Waals surface area contributed by atoms with Gasteiger partial charge in [-0.2, -0.15) is 4.72 Å². The highest BCUT2D eigenvalue weighted by Crippen LogP contribution is 2.65. The number of thioether (sulfide) groups is 1. The van der Waals surface area contributed by atoms with Crippen LogP contribution in [-0.2, 0) is 19.6 Å². The molecule has 0 radical (unpaired) electrons. The van der Waals surface area contributed by atoms with E-state index in [1.165, 1.54) is 7.11 Å². The van der Waals surface area contributed by atoms with Crippen LogP contribution in [0.4, 0.5) is 0 Å². The second kappa shape index (κ2) is 8.15. The molecular weight excluding hydrogens is 370 g/mol. The molecule has 142 valence electrons. The number of hydrogen-bond acceptors (Lipinski definition) is 5. The number of benzene rings is 1. The van der Waals surface area contributed by atoms with Crippen LogP contribution in [0.25, 0.3) is 0 Å². The summed E-state index contributed by atoms with van der Waals surface area (Å²) >= 11 is 1.75. The van der Waals surface area contributed by atoms with Crippen molar-refractivity contribution >= 4 is 27.8 Å². The lowest BCUT2D eigenvalue weighted by Gasteiger charge is -2.22. The van der Waals surface area contributed by atoms with Crippen LogP contribution in [0, 0.1) is 5.92 Å². The van der Waals surface area contributed by atoms with E-state index in [0.717, 1.165) is 32.1 Å². The number of rotatable bonds is 9. The van der Waals surface area contributed by atoms with E-state index in [1.54, 1.807) is 36.0 Å². The molecule has 1 aromatic rings. The molecule has 1 N–H and O–H groups in total. The summed E-state index contributed by atoms with van der Waals surface area (Å²) in [5.41, 5.74) is 0. The summed E-state index contributed by atoms with van der Waals surface area (Å²) in [4.78, 5) is 11.1. The SMILES string of the molecule is COC(=O)CCCC=CC[C@@H]1CC[C@@H]2S[C@]12NS(=O)(=O)c1ccccc1. The maximum atomic E-state index is 12.7. The second-order valence-corrected chi connectivity index (χ2v) is 9.93. The maximum Gasteiger partial charge on any atom is 0.305 e. The first kappa shape index (κ1) is 19.5. The van der Waals surface area contributed by atoms with E-state index < -0.39 is 10.0 Å². The number of carbonyl (C=O) groups excluding carboxylic acids is 1. The van der Waals surface area contributed by atoms with E-state index >= 15 is 0 Å². The van der Waals surface area contributed by atoms with Gasteiger partial charge in [-0.25, -0.2) is 8.42 Å². The molecule has 1 aliphatic heterocycles. The Balaban J connectivity index is 1.54. The van der Waals surface area contributed by atoms with Gasteiger partial charge in [0.1, 0.15) is 0 Å². The van der Waals surface area contributed by atoms with Gasteiger partial charge in [0.2, 0.25) is 10.0 Å². The van der Waals surface area contributed by atoms with Crippen molar-refractivity contribution < 1.29 is 17.9 Å². The van der Waals surface area contributed by atoms with E-state index in [0.29, 0.717) is 22.5 Å². The zero-order chi connectivity index (χ0) is 18.6. The van der Waals surface area contributed by atoms with E-state index in [-0.39, 0.29) is 10.8 Å². The number of sulfonamides is 1. The maximum absolute atomic E-state index is 12.7. The van der Waals surface area contributed by atoms with Crippen molar-refractivity contribution in [3.63, 3.8) is 0 Å². The highest BCUT2D eigenvalue weighted by molar-refractivity contribution is 8.09. The van der Waals surface area contributed by atoms with Crippen LogP contribution in [0.2, 0.25) is 0 Å². The Morgan fingerprint density at radius 1 is 1.31 bits per heavy atom. The van der Waals surface area contributed by atoms with Gasteiger partial charge in [0, 0.05) is 11.7 Å². The van der Waals surface area contributed by atoms with Gasteiger partial charge in [0.25, 0.3) is 0 Å². The summed E-state index contributed by atoms with van der Waals surface area (Å²) in [6.45, 7) is 0. The van der Waals surface area contributed by atoms with Gasteiger partial charge >= 0.3 is 5.97 Å². The van der Waals surface area contributed by atoms with Crippen molar-refractivity contribution in [1.29, 1.82) is 0 Å². The highest BCUT2D eigenvalue weighted by atomic mass is 32.2. The topological polar surface area (TPSA) is 72.5 Å². The Labute approximate surface area is 159 Å². The highest BCUT2D eigenvalue weighted by Gasteiger charge is 2.65. The molecule has 3 atom stereocenters. The van der Waals surface area contributed by atoms with Crippen molar-refractivity contribution in [2.24, 2.45) is 5.92 Å². The Kier molecular flexibility index (Phi) is 6.10. The summed E-state index contributed by atoms with van der Waals surface area (Å²) in [5, 5.41) is 0.388. The largest absolute Gasteiger partial charge is 0.469 e. The number of fused-ring (bicyclic) bond motifs is 1. The van der Waals surface area contributed by atoms with Gasteiger partial charge in [-0.1, -0.05) is 30.4 Å². The summed E-state index contributed by atoms with van der Waals surface area (Å²) in [6, 6.07) is 8.56. The lowest BCUT2D eigenvalue weighted by Crippen LogP contribution is -2.41. The molecule has 1 aliphatic carbocycles. The average molecular weight is 396 g/mol. The predicted octanol–water partition coefficient (Wildman–Crippen LogP) is 3.48. The lowest BCUT2D eigenvalue weighted by atomic mass is 9.99. The number of hydrogen-bond donors (Lipinski definition) is 1. The standard InChI is InChI=1S/C19H25NO4S2/c1-24-18(21)12-8-3-2-5-9-15-13-14-17-19(15,25-17)20-26(22,23)16-10-6-4-7-11-16/h2,4-7,10-11,15,17,20H,3,8-9,12-14H2,1H3/t15-,17+,19-/m1/s1. The Morgan fingerprint density at radius 3 is 2.77 bits per heavy atom. The molecular formula is C19H25NO4S2. The van der Waals surface area contributed by atoms with Gasteiger partial charge < -0.3 is 4.74 Å². The van der Waals surface area contributed by atoms with E-state index in [9.17, 15) is 13.2 Å². The molecule has 1 heterocycles. The third-order valence-electron chi connectivity index (χ3n) is 5.06. The van der Waals surface area contributed by atoms with Crippen molar-refractivity contribution in [3.05, 3.63) is 42.5 Å². The van der Waals surface area contributed by atoms with Crippen molar-refractivity contribution in [1.82, 2.24) is 4.72 Å². The fraction of sp³-hybridized carbons (Fsp3) is 0.526. The van der Waals surface area contributed by atoms with Crippen LogP contribution < -0.4 is 4.72 Å². The third kappa shape index (κ3) is 4.32. The monoisotopic (exact) mass is 395 g/mol. The molecule has 7 heteroatoms. The molecule has 5 nitrogen and oxygen atoms in total. The van der Waals surface area contributed by atoms with Gasteiger partial charge in [-0.05, 0) is 50.2 Å². The first-order chi connectivity index (χ1) is 12.5. The van der Waals surface area contributed by atoms with E-state index in [1.807, 2.05) is 6.07 Å². The Bertz CT molecular complexity index is 763. The fourth-order valence-electron chi connectivity index (χ4n) is 3.58. The van der Waals surface area contributed by atoms with Crippen LogP contribution in [0.15, 0.2) is 47.4 Å². The van der Waals surface area contributed by atoms with Crippen LogP contribution >= 0.6 is 11.8 Å². The molecule has 0 bridgehead atoms. The molecule has 2 aliphatic rings. The van der Waals surface area contributed by atoms with Gasteiger partial charge in [0.05, 0.1) is 16.9 Å². The van der Waals surface area contributed by atoms with Crippen LogP contribution in [0.1, 0.15) is 38.5 Å². The predicted molar refractivity (Wildman–Crippen MR) is 103 cm³/mol. The Morgan fingerprint density at radius 2 is 2.08 bits per heavy atom. The Hall–Kier alpha value is -1.31. The molecule has 0 unspecified atom stereocenters. The lowest BCUT2D eigenvalue weighted by molar-refractivity contribution is -0.140. The number of carbonyl (C=O) groups is 1. The number of unbranched alkanes of at least 4 members (excludes halogenated alkanes) is 1. The van der Waals surface area contributed by atoms with Gasteiger partial charge in [-0.15, -0.1) is 11.8 Å². The molecule has 3 rings (SSSR count). The minimum Gasteiger partial charge on any atom is -0.469 e. The van der Waals surface area contributed by atoms with Crippen molar-refractivity contribution in [3.8, 4) is 0 Å². The van der Waals surface area contributed by atoms with E-state index in [4.69, 9.17) is 0 Å². The summed E-state index contributed by atoms with van der Waals surface area (Å²) in [7, 11) is -2.09. The smallest absolute Gasteiger partial charge is 0.305 e. The van der Waals surface area contributed by atoms with Gasteiger partial charge in [-0.3, -0.25) is 4.79 Å². The number of nitrogens with one attached hydrogen (secondary N) is 1. The minimum atomic E-state index is -3.49. The summed E-state index contributed by atoms with van der Waals surface area (Å²) in [6.07, 6.45) is 9.22. The molecule has 0 amide bonds. The number of allylic oxidation sites excluding steroid dienone is 2. The number of ether oxygens (including phenoxy) is 1. The summed E-state index contributed by atoms with van der Waals surface area (Å²) < 4.78 is 33.0. The summed E-state index contributed by atoms with van der Waals surface area (Å²) in [5.74, 6) is 0.133. The second-order valence-electron chi connectivity index (χ2n) is 6.77. The molecule has 0 aromatic heterocycles. The van der Waals surface area contributed by atoms with Crippen LogP contribution in [0.5, 0.6) is 0 Å². The van der Waals surface area contributed by atoms with E-state index in [2.05, 4.69) is 21.6 Å². The molecule has 2 fully saturated rings. The zero-order valence-corrected chi connectivity index (χ0v) is 16.5. The minimum absolute atomic E-state index is 0.180. The quantitative estimate of drug-likeness (QED) is 0.300. The average Bonchev–Trinajstić information content (AvgIpc) is 3.23. The van der Waals surface area contributed by atoms with Crippen LogP contribution in [-0.4, -0.2) is 31.6 Å². The molecule has 1 saturated heterocycles. The normalized spacial score (nSPS) is 27.4. The molecule has 0 spiro atoms. The zero-order valence-electron chi connectivity index (χ0n) is 14.9. The van der Waals surface area contributed by atoms with Crippen molar-refractivity contribution in [2.75, 3.05) is 7.11 Å². The van der Waals surface area contributed by atoms with Crippen LogP contribution in [0.3, 0.4) is 0 Å². The number of methoxy groups -OCH3 is 1. The molecule has 1 aromatic carbocycles. The number of esters is 1. The third-order valence-corrected chi connectivity index (χ3v) is 8.43. The van der Waals surface area contributed by atoms with Crippen molar-refractivity contribution in [2.45, 2.75) is 53.5 Å². The first-order valence-corrected chi connectivity index (χ1v) is 11.3. The molecule has 1 saturated carbocycles. The molecule has 26 heavy (non-hydrogen) atoms. The first-order valence-electron chi connectivity index (χ1n) is 8.96.